The van der Waals surface area contributed by atoms with E-state index in [4.69, 9.17) is 4.74 Å². The van der Waals surface area contributed by atoms with E-state index in [0.717, 1.165) is 11.3 Å². The fraction of sp³-hybridized carbons (Fsp3) is 0.278. The Balaban J connectivity index is 2.08. The Morgan fingerprint density at radius 2 is 1.85 bits per heavy atom. The van der Waals surface area contributed by atoms with Crippen molar-refractivity contribution >= 4 is 17.4 Å². The van der Waals surface area contributed by atoms with Gasteiger partial charge < -0.3 is 20.3 Å². The minimum Gasteiger partial charge on any atom is -0.496 e. The number of rotatable bonds is 7. The van der Waals surface area contributed by atoms with E-state index in [1.54, 1.807) is 19.2 Å². The number of nitro benzene ring substituents is 1. The molecule has 0 heterocycles. The van der Waals surface area contributed by atoms with Gasteiger partial charge in [0.15, 0.2) is 0 Å². The number of carbonyl (C=O) groups excluding carboxylic acids is 1. The first-order chi connectivity index (χ1) is 12.4. The molecule has 8 heteroatoms. The molecule has 138 valence electrons. The van der Waals surface area contributed by atoms with Crippen LogP contribution in [0.3, 0.4) is 0 Å². The molecule has 2 aromatic rings. The molecular formula is C18H22N4O4. The molecule has 0 aromatic heterocycles. The minimum atomic E-state index is -0.535. The fourth-order valence-electron chi connectivity index (χ4n) is 2.61. The molecule has 0 aliphatic heterocycles. The molecule has 0 saturated heterocycles. The van der Waals surface area contributed by atoms with Gasteiger partial charge in [0, 0.05) is 18.2 Å². The highest BCUT2D eigenvalue weighted by atomic mass is 16.6. The number of nitrogens with one attached hydrogen (secondary N) is 2. The largest absolute Gasteiger partial charge is 0.496 e. The fourth-order valence-corrected chi connectivity index (χ4v) is 2.61. The van der Waals surface area contributed by atoms with Crippen LogP contribution in [-0.2, 0) is 0 Å². The summed E-state index contributed by atoms with van der Waals surface area (Å²) in [6, 6.07) is 12.9. The standard InChI is InChI=1S/C18H22N4O4/c1-21(2)16(13-8-4-7-11-17(13)26-3)12-19-18(23)20-14-9-5-6-10-15(14)22(24)25/h4-11,16H,12H2,1-3H3,(H2,19,20,23)/t16-/m1/s1. The number of ether oxygens (including phenoxy) is 1. The van der Waals surface area contributed by atoms with E-state index in [0.29, 0.717) is 6.54 Å². The molecule has 26 heavy (non-hydrogen) atoms. The second-order valence-electron chi connectivity index (χ2n) is 5.83. The van der Waals surface area contributed by atoms with Crippen molar-refractivity contribution in [1.29, 1.82) is 0 Å². The Kier molecular flexibility index (Phi) is 6.51. The van der Waals surface area contributed by atoms with Crippen LogP contribution in [0.15, 0.2) is 48.5 Å². The predicted molar refractivity (Wildman–Crippen MR) is 99.5 cm³/mol. The first-order valence-corrected chi connectivity index (χ1v) is 8.01. The number of likely N-dealkylation sites (N-methyl/N-ethyl adjacent to an activating group) is 1. The van der Waals surface area contributed by atoms with Crippen molar-refractivity contribution < 1.29 is 14.5 Å². The molecule has 2 rings (SSSR count). The molecule has 0 saturated carbocycles. The lowest BCUT2D eigenvalue weighted by Crippen LogP contribution is -2.37. The Labute approximate surface area is 151 Å². The number of hydrogen-bond donors (Lipinski definition) is 2. The molecular weight excluding hydrogens is 336 g/mol. The van der Waals surface area contributed by atoms with Crippen LogP contribution in [0.4, 0.5) is 16.2 Å². The number of carbonyl (C=O) groups is 1. The van der Waals surface area contributed by atoms with Crippen LogP contribution in [0.25, 0.3) is 0 Å². The zero-order chi connectivity index (χ0) is 19.1. The molecule has 0 aliphatic rings. The van der Waals surface area contributed by atoms with Gasteiger partial charge in [0.05, 0.1) is 18.1 Å². The zero-order valence-electron chi connectivity index (χ0n) is 14.9. The van der Waals surface area contributed by atoms with Gasteiger partial charge in [0.25, 0.3) is 5.69 Å². The molecule has 0 fully saturated rings. The average Bonchev–Trinajstić information content (AvgIpc) is 2.62. The highest BCUT2D eigenvalue weighted by Gasteiger charge is 2.20. The Hall–Kier alpha value is -3.13. The van der Waals surface area contributed by atoms with Crippen molar-refractivity contribution in [3.8, 4) is 5.75 Å². The van der Waals surface area contributed by atoms with Gasteiger partial charge in [0.2, 0.25) is 0 Å². The Morgan fingerprint density at radius 3 is 2.50 bits per heavy atom. The second-order valence-corrected chi connectivity index (χ2v) is 5.83. The summed E-state index contributed by atoms with van der Waals surface area (Å²) >= 11 is 0. The summed E-state index contributed by atoms with van der Waals surface area (Å²) in [5, 5.41) is 16.3. The summed E-state index contributed by atoms with van der Waals surface area (Å²) < 4.78 is 5.39. The van der Waals surface area contributed by atoms with E-state index < -0.39 is 11.0 Å². The van der Waals surface area contributed by atoms with Crippen LogP contribution >= 0.6 is 0 Å². The van der Waals surface area contributed by atoms with Crippen molar-refractivity contribution in [2.75, 3.05) is 33.1 Å². The van der Waals surface area contributed by atoms with E-state index in [1.807, 2.05) is 43.3 Å². The lowest BCUT2D eigenvalue weighted by Gasteiger charge is -2.26. The predicted octanol–water partition coefficient (Wildman–Crippen LogP) is 3.03. The highest BCUT2D eigenvalue weighted by molar-refractivity contribution is 5.91. The number of nitro groups is 1. The van der Waals surface area contributed by atoms with Crippen molar-refractivity contribution in [3.05, 3.63) is 64.2 Å². The van der Waals surface area contributed by atoms with Crippen molar-refractivity contribution in [3.63, 3.8) is 0 Å². The summed E-state index contributed by atoms with van der Waals surface area (Å²) in [5.74, 6) is 0.729. The third-order valence-electron chi connectivity index (χ3n) is 3.93. The minimum absolute atomic E-state index is 0.123. The van der Waals surface area contributed by atoms with E-state index in [1.165, 1.54) is 12.1 Å². The summed E-state index contributed by atoms with van der Waals surface area (Å²) in [5.41, 5.74) is 0.927. The van der Waals surface area contributed by atoms with Gasteiger partial charge in [-0.25, -0.2) is 4.79 Å². The number of para-hydroxylation sites is 3. The number of methoxy groups -OCH3 is 1. The molecule has 2 aromatic carbocycles. The topological polar surface area (TPSA) is 96.7 Å². The zero-order valence-corrected chi connectivity index (χ0v) is 14.9. The Bertz CT molecular complexity index is 779. The van der Waals surface area contributed by atoms with Gasteiger partial charge in [-0.15, -0.1) is 0 Å². The molecule has 1 atom stereocenters. The number of benzene rings is 2. The first-order valence-electron chi connectivity index (χ1n) is 8.01. The highest BCUT2D eigenvalue weighted by Crippen LogP contribution is 2.27. The van der Waals surface area contributed by atoms with Crippen LogP contribution in [0, 0.1) is 10.1 Å². The van der Waals surface area contributed by atoms with E-state index in [9.17, 15) is 14.9 Å². The summed E-state index contributed by atoms with van der Waals surface area (Å²) in [7, 11) is 5.40. The molecule has 8 nitrogen and oxygen atoms in total. The van der Waals surface area contributed by atoms with Crippen molar-refractivity contribution in [2.45, 2.75) is 6.04 Å². The van der Waals surface area contributed by atoms with Crippen LogP contribution in [-0.4, -0.2) is 43.6 Å². The van der Waals surface area contributed by atoms with Gasteiger partial charge in [-0.3, -0.25) is 10.1 Å². The van der Waals surface area contributed by atoms with Crippen LogP contribution < -0.4 is 15.4 Å². The normalized spacial score (nSPS) is 11.7. The van der Waals surface area contributed by atoms with Gasteiger partial charge in [0.1, 0.15) is 11.4 Å². The SMILES string of the molecule is COc1ccccc1[C@@H](CNC(=O)Nc1ccccc1[N+](=O)[O-])N(C)C. The number of urea groups is 1. The van der Waals surface area contributed by atoms with E-state index >= 15 is 0 Å². The molecule has 0 aliphatic carbocycles. The average molecular weight is 358 g/mol. The smallest absolute Gasteiger partial charge is 0.319 e. The summed E-state index contributed by atoms with van der Waals surface area (Å²) in [6.45, 7) is 0.305. The maximum absolute atomic E-state index is 12.2. The maximum atomic E-state index is 12.2. The number of amides is 2. The quantitative estimate of drug-likeness (QED) is 0.586. The van der Waals surface area contributed by atoms with Gasteiger partial charge >= 0.3 is 6.03 Å². The van der Waals surface area contributed by atoms with Gasteiger partial charge in [-0.2, -0.15) is 0 Å². The van der Waals surface area contributed by atoms with Gasteiger partial charge in [-0.1, -0.05) is 30.3 Å². The maximum Gasteiger partial charge on any atom is 0.319 e. The van der Waals surface area contributed by atoms with Crippen LogP contribution in [0.1, 0.15) is 11.6 Å². The van der Waals surface area contributed by atoms with E-state index in [2.05, 4.69) is 10.6 Å². The molecule has 0 radical (unpaired) electrons. The lowest BCUT2D eigenvalue weighted by atomic mass is 10.0. The second kappa shape index (κ2) is 8.82. The molecule has 2 N–H and O–H groups in total. The molecule has 2 amide bonds. The van der Waals surface area contributed by atoms with Crippen LogP contribution in [0.2, 0.25) is 0 Å². The number of hydrogen-bond acceptors (Lipinski definition) is 5. The molecule has 0 bridgehead atoms. The molecule has 0 spiro atoms. The van der Waals surface area contributed by atoms with Gasteiger partial charge in [-0.05, 0) is 26.2 Å². The first kappa shape index (κ1) is 19.2. The van der Waals surface area contributed by atoms with Crippen LogP contribution in [0.5, 0.6) is 5.75 Å². The monoisotopic (exact) mass is 358 g/mol. The lowest BCUT2D eigenvalue weighted by molar-refractivity contribution is -0.383. The summed E-state index contributed by atoms with van der Waals surface area (Å²) in [6.07, 6.45) is 0. The number of nitrogens with zero attached hydrogens (tertiary/aromatic N) is 2. The number of anilines is 1. The molecule has 0 unspecified atom stereocenters. The van der Waals surface area contributed by atoms with E-state index in [-0.39, 0.29) is 17.4 Å². The Morgan fingerprint density at radius 1 is 1.19 bits per heavy atom. The van der Waals surface area contributed by atoms with Crippen molar-refractivity contribution in [2.24, 2.45) is 0 Å². The third-order valence-corrected chi connectivity index (χ3v) is 3.93. The summed E-state index contributed by atoms with van der Waals surface area (Å²) in [4.78, 5) is 24.7. The van der Waals surface area contributed by atoms with Crippen molar-refractivity contribution in [1.82, 2.24) is 10.2 Å². The third kappa shape index (κ3) is 4.70.